The predicted molar refractivity (Wildman–Crippen MR) is 57.7 cm³/mol. The summed E-state index contributed by atoms with van der Waals surface area (Å²) < 4.78 is 22.0. The largest absolute Gasteiger partial charge is 0.493 e. The highest BCUT2D eigenvalue weighted by atomic mass is 35.5. The molecule has 0 atom stereocenters. The SMILES string of the molecule is COc1cc2c(Cl)ncnc2cc1OCF. The summed E-state index contributed by atoms with van der Waals surface area (Å²) in [6.07, 6.45) is 1.33. The van der Waals surface area contributed by atoms with Crippen molar-refractivity contribution in [3.05, 3.63) is 23.6 Å². The molecule has 0 unspecified atom stereocenters. The number of hydrogen-bond donors (Lipinski definition) is 0. The second kappa shape index (κ2) is 4.49. The molecule has 1 aromatic carbocycles. The molecule has 0 N–H and O–H groups in total. The summed E-state index contributed by atoms with van der Waals surface area (Å²) in [5, 5.41) is 0.947. The number of halogens is 2. The summed E-state index contributed by atoms with van der Waals surface area (Å²) in [6, 6.07) is 3.17. The Morgan fingerprint density at radius 1 is 1.31 bits per heavy atom. The highest BCUT2D eigenvalue weighted by molar-refractivity contribution is 6.34. The second-order valence-electron chi connectivity index (χ2n) is 2.94. The van der Waals surface area contributed by atoms with Crippen LogP contribution in [0.15, 0.2) is 18.5 Å². The van der Waals surface area contributed by atoms with E-state index in [1.54, 1.807) is 12.1 Å². The quantitative estimate of drug-likeness (QED) is 0.776. The number of benzene rings is 1. The average molecular weight is 243 g/mol. The van der Waals surface area contributed by atoms with Crippen molar-refractivity contribution in [1.29, 1.82) is 0 Å². The molecule has 4 nitrogen and oxygen atoms in total. The molecule has 84 valence electrons. The Morgan fingerprint density at radius 3 is 2.81 bits per heavy atom. The van der Waals surface area contributed by atoms with E-state index in [1.807, 2.05) is 0 Å². The Morgan fingerprint density at radius 2 is 2.12 bits per heavy atom. The van der Waals surface area contributed by atoms with E-state index in [4.69, 9.17) is 21.1 Å². The van der Waals surface area contributed by atoms with Gasteiger partial charge in [-0.15, -0.1) is 0 Å². The van der Waals surface area contributed by atoms with E-state index in [2.05, 4.69) is 9.97 Å². The molecule has 2 rings (SSSR count). The first-order valence-corrected chi connectivity index (χ1v) is 4.81. The van der Waals surface area contributed by atoms with Crippen LogP contribution in [0.4, 0.5) is 4.39 Å². The van der Waals surface area contributed by atoms with E-state index in [-0.39, 0.29) is 5.75 Å². The standard InChI is InChI=1S/C10H8ClFN2O2/c1-15-8-2-6-7(3-9(8)16-4-12)13-5-14-10(6)11/h2-3,5H,4H2,1H3. The van der Waals surface area contributed by atoms with Gasteiger partial charge in [0.1, 0.15) is 11.5 Å². The van der Waals surface area contributed by atoms with E-state index in [0.717, 1.165) is 0 Å². The minimum atomic E-state index is -0.930. The summed E-state index contributed by atoms with van der Waals surface area (Å²) in [5.41, 5.74) is 0.573. The van der Waals surface area contributed by atoms with Gasteiger partial charge in [0.25, 0.3) is 0 Å². The minimum absolute atomic E-state index is 0.285. The summed E-state index contributed by atoms with van der Waals surface area (Å²) in [6.45, 7) is -0.930. The molecule has 0 radical (unpaired) electrons. The molecule has 16 heavy (non-hydrogen) atoms. The van der Waals surface area contributed by atoms with Gasteiger partial charge in [-0.05, 0) is 6.07 Å². The fourth-order valence-electron chi connectivity index (χ4n) is 1.36. The molecule has 1 heterocycles. The Kier molecular flexibility index (Phi) is 3.05. The zero-order chi connectivity index (χ0) is 11.5. The molecule has 0 aliphatic carbocycles. The van der Waals surface area contributed by atoms with Gasteiger partial charge in [-0.2, -0.15) is 0 Å². The average Bonchev–Trinajstić information content (AvgIpc) is 2.29. The molecule has 0 saturated heterocycles. The Labute approximate surface area is 96.0 Å². The predicted octanol–water partition coefficient (Wildman–Crippen LogP) is 2.60. The second-order valence-corrected chi connectivity index (χ2v) is 3.30. The zero-order valence-corrected chi connectivity index (χ0v) is 9.16. The third kappa shape index (κ3) is 1.86. The van der Waals surface area contributed by atoms with Crippen LogP contribution >= 0.6 is 11.6 Å². The lowest BCUT2D eigenvalue weighted by molar-refractivity contribution is 0.185. The van der Waals surface area contributed by atoms with Crippen molar-refractivity contribution in [2.24, 2.45) is 0 Å². The van der Waals surface area contributed by atoms with Crippen LogP contribution in [0, 0.1) is 0 Å². The first-order chi connectivity index (χ1) is 7.76. The number of rotatable bonds is 3. The van der Waals surface area contributed by atoms with Crippen LogP contribution in [-0.2, 0) is 0 Å². The van der Waals surface area contributed by atoms with Crippen molar-refractivity contribution in [3.63, 3.8) is 0 Å². The summed E-state index contributed by atoms with van der Waals surface area (Å²) >= 11 is 5.89. The van der Waals surface area contributed by atoms with E-state index in [1.165, 1.54) is 13.4 Å². The number of methoxy groups -OCH3 is 1. The van der Waals surface area contributed by atoms with Crippen LogP contribution in [-0.4, -0.2) is 23.9 Å². The molecular formula is C10H8ClFN2O2. The Bertz CT molecular complexity index is 521. The molecule has 0 fully saturated rings. The molecule has 1 aromatic heterocycles. The fourth-order valence-corrected chi connectivity index (χ4v) is 1.56. The zero-order valence-electron chi connectivity index (χ0n) is 8.41. The third-order valence-corrected chi connectivity index (χ3v) is 2.38. The maximum atomic E-state index is 12.1. The normalized spacial score (nSPS) is 10.4. The van der Waals surface area contributed by atoms with Gasteiger partial charge >= 0.3 is 0 Å². The van der Waals surface area contributed by atoms with E-state index in [9.17, 15) is 4.39 Å². The first kappa shape index (κ1) is 10.9. The molecule has 0 aliphatic heterocycles. The number of nitrogens with zero attached hydrogens (tertiary/aromatic N) is 2. The van der Waals surface area contributed by atoms with Gasteiger partial charge < -0.3 is 9.47 Å². The topological polar surface area (TPSA) is 44.2 Å². The Hall–Kier alpha value is -1.62. The van der Waals surface area contributed by atoms with Crippen molar-refractivity contribution >= 4 is 22.5 Å². The molecule has 0 saturated carbocycles. The number of fused-ring (bicyclic) bond motifs is 1. The molecule has 0 aliphatic rings. The maximum Gasteiger partial charge on any atom is 0.228 e. The summed E-state index contributed by atoms with van der Waals surface area (Å²) in [5.74, 6) is 0.675. The van der Waals surface area contributed by atoms with Crippen molar-refractivity contribution in [3.8, 4) is 11.5 Å². The van der Waals surface area contributed by atoms with Gasteiger partial charge in [0.05, 0.1) is 12.6 Å². The van der Waals surface area contributed by atoms with E-state index in [0.29, 0.717) is 21.8 Å². The maximum absolute atomic E-state index is 12.1. The van der Waals surface area contributed by atoms with Gasteiger partial charge in [0.15, 0.2) is 11.5 Å². The number of alkyl halides is 1. The van der Waals surface area contributed by atoms with Crippen molar-refractivity contribution in [2.45, 2.75) is 0 Å². The number of ether oxygens (including phenoxy) is 2. The molecule has 0 spiro atoms. The van der Waals surface area contributed by atoms with E-state index < -0.39 is 6.86 Å². The highest BCUT2D eigenvalue weighted by Crippen LogP contribution is 2.33. The van der Waals surface area contributed by atoms with Gasteiger partial charge in [-0.25, -0.2) is 14.4 Å². The minimum Gasteiger partial charge on any atom is -0.493 e. The van der Waals surface area contributed by atoms with Gasteiger partial charge in [0.2, 0.25) is 6.86 Å². The van der Waals surface area contributed by atoms with Gasteiger partial charge in [-0.1, -0.05) is 11.6 Å². The smallest absolute Gasteiger partial charge is 0.228 e. The monoisotopic (exact) mass is 242 g/mol. The third-order valence-electron chi connectivity index (χ3n) is 2.08. The van der Waals surface area contributed by atoms with Crippen LogP contribution in [0.5, 0.6) is 11.5 Å². The summed E-state index contributed by atoms with van der Waals surface area (Å²) in [4.78, 5) is 7.85. The molecular weight excluding hydrogens is 235 g/mol. The molecule has 0 bridgehead atoms. The Balaban J connectivity index is 2.65. The highest BCUT2D eigenvalue weighted by Gasteiger charge is 2.10. The number of aromatic nitrogens is 2. The van der Waals surface area contributed by atoms with Gasteiger partial charge in [-0.3, -0.25) is 0 Å². The lowest BCUT2D eigenvalue weighted by Gasteiger charge is -2.09. The van der Waals surface area contributed by atoms with E-state index >= 15 is 0 Å². The van der Waals surface area contributed by atoms with Crippen LogP contribution < -0.4 is 9.47 Å². The first-order valence-electron chi connectivity index (χ1n) is 4.43. The van der Waals surface area contributed by atoms with Crippen molar-refractivity contribution in [1.82, 2.24) is 9.97 Å². The van der Waals surface area contributed by atoms with Gasteiger partial charge in [0, 0.05) is 11.5 Å². The molecule has 0 amide bonds. The van der Waals surface area contributed by atoms with Crippen molar-refractivity contribution in [2.75, 3.05) is 14.0 Å². The van der Waals surface area contributed by atoms with Crippen LogP contribution in [0.2, 0.25) is 5.15 Å². The number of hydrogen-bond acceptors (Lipinski definition) is 4. The van der Waals surface area contributed by atoms with Crippen LogP contribution in [0.25, 0.3) is 10.9 Å². The summed E-state index contributed by atoms with van der Waals surface area (Å²) in [7, 11) is 1.46. The lowest BCUT2D eigenvalue weighted by Crippen LogP contribution is -1.95. The fraction of sp³-hybridized carbons (Fsp3) is 0.200. The molecule has 2 aromatic rings. The van der Waals surface area contributed by atoms with Crippen LogP contribution in [0.3, 0.4) is 0 Å². The lowest BCUT2D eigenvalue weighted by atomic mass is 10.2. The molecule has 6 heteroatoms. The van der Waals surface area contributed by atoms with Crippen LogP contribution in [0.1, 0.15) is 0 Å². The van der Waals surface area contributed by atoms with Crippen molar-refractivity contribution < 1.29 is 13.9 Å².